The van der Waals surface area contributed by atoms with E-state index in [4.69, 9.17) is 10.2 Å². The number of aromatic amines is 1. The van der Waals surface area contributed by atoms with Crippen LogP contribution in [0.25, 0.3) is 0 Å². The number of hydrogen-bond donors (Lipinski definition) is 2. The number of unbranched alkanes of at least 4 members (excludes halogenated alkanes) is 1. The van der Waals surface area contributed by atoms with Gasteiger partial charge in [-0.05, 0) is 42.8 Å². The minimum Gasteiger partial charge on any atom is -0.467 e. The van der Waals surface area contributed by atoms with Gasteiger partial charge in [0, 0.05) is 25.5 Å². The van der Waals surface area contributed by atoms with Gasteiger partial charge in [0.2, 0.25) is 0 Å². The van der Waals surface area contributed by atoms with Crippen molar-refractivity contribution in [2.75, 3.05) is 22.6 Å². The van der Waals surface area contributed by atoms with E-state index in [0.717, 1.165) is 12.1 Å². The van der Waals surface area contributed by atoms with Crippen molar-refractivity contribution >= 4 is 28.9 Å². The molecule has 0 aliphatic heterocycles. The Labute approximate surface area is 207 Å². The number of nitrogen functional groups attached to an aromatic ring is 1. The first-order chi connectivity index (χ1) is 17.4. The SMILES string of the molecule is CCCCn1c(N)c(N(Cc2ccco2)C(=O)c2ccc(N(C)c3ccccc3)nc2)c(=O)[nH]c1=O. The van der Waals surface area contributed by atoms with E-state index < -0.39 is 17.2 Å². The normalized spacial score (nSPS) is 10.8. The number of H-pyrrole nitrogens is 1. The number of benzene rings is 1. The molecule has 0 saturated carbocycles. The van der Waals surface area contributed by atoms with Crippen molar-refractivity contribution in [2.24, 2.45) is 0 Å². The van der Waals surface area contributed by atoms with E-state index in [1.165, 1.54) is 21.9 Å². The molecule has 186 valence electrons. The predicted molar refractivity (Wildman–Crippen MR) is 139 cm³/mol. The number of para-hydroxylation sites is 1. The third-order valence-electron chi connectivity index (χ3n) is 5.84. The van der Waals surface area contributed by atoms with Gasteiger partial charge in [-0.3, -0.25) is 24.0 Å². The van der Waals surface area contributed by atoms with E-state index >= 15 is 0 Å². The number of hydrogen-bond acceptors (Lipinski definition) is 7. The summed E-state index contributed by atoms with van der Waals surface area (Å²) >= 11 is 0. The number of amides is 1. The zero-order valence-electron chi connectivity index (χ0n) is 20.2. The second kappa shape index (κ2) is 10.8. The number of rotatable bonds is 9. The molecular weight excluding hydrogens is 460 g/mol. The van der Waals surface area contributed by atoms with Crippen LogP contribution in [0, 0.1) is 0 Å². The molecule has 10 heteroatoms. The van der Waals surface area contributed by atoms with Gasteiger partial charge in [0.25, 0.3) is 11.5 Å². The van der Waals surface area contributed by atoms with Gasteiger partial charge in [-0.2, -0.15) is 0 Å². The molecule has 3 aromatic heterocycles. The summed E-state index contributed by atoms with van der Waals surface area (Å²) < 4.78 is 6.71. The number of anilines is 4. The van der Waals surface area contributed by atoms with E-state index in [0.29, 0.717) is 24.5 Å². The van der Waals surface area contributed by atoms with Crippen LogP contribution in [0.3, 0.4) is 0 Å². The average molecular weight is 489 g/mol. The smallest absolute Gasteiger partial charge is 0.330 e. The van der Waals surface area contributed by atoms with E-state index in [2.05, 4.69) is 9.97 Å². The van der Waals surface area contributed by atoms with E-state index in [1.54, 1.807) is 24.3 Å². The Morgan fingerprint density at radius 2 is 1.89 bits per heavy atom. The molecule has 3 N–H and O–H groups in total. The summed E-state index contributed by atoms with van der Waals surface area (Å²) in [6, 6.07) is 16.4. The Morgan fingerprint density at radius 3 is 2.53 bits per heavy atom. The number of pyridine rings is 1. The lowest BCUT2D eigenvalue weighted by Crippen LogP contribution is -2.41. The molecule has 0 radical (unpaired) electrons. The van der Waals surface area contributed by atoms with E-state index in [-0.39, 0.29) is 23.6 Å². The number of aromatic nitrogens is 3. The Morgan fingerprint density at radius 1 is 1.11 bits per heavy atom. The van der Waals surface area contributed by atoms with Crippen molar-refractivity contribution in [1.29, 1.82) is 0 Å². The molecule has 0 spiro atoms. The van der Waals surface area contributed by atoms with Gasteiger partial charge >= 0.3 is 5.69 Å². The van der Waals surface area contributed by atoms with Crippen LogP contribution in [0.15, 0.2) is 81.1 Å². The molecule has 0 fully saturated rings. The summed E-state index contributed by atoms with van der Waals surface area (Å²) in [5.74, 6) is 0.499. The van der Waals surface area contributed by atoms with E-state index in [1.807, 2.05) is 49.2 Å². The van der Waals surface area contributed by atoms with Crippen LogP contribution in [-0.4, -0.2) is 27.5 Å². The zero-order chi connectivity index (χ0) is 25.7. The summed E-state index contributed by atoms with van der Waals surface area (Å²) in [6.07, 6.45) is 4.43. The molecular formula is C26H28N6O4. The molecule has 0 aliphatic carbocycles. The lowest BCUT2D eigenvalue weighted by molar-refractivity contribution is 0.0982. The van der Waals surface area contributed by atoms with Crippen LogP contribution < -0.4 is 26.8 Å². The third kappa shape index (κ3) is 5.07. The first-order valence-electron chi connectivity index (χ1n) is 11.6. The third-order valence-corrected chi connectivity index (χ3v) is 5.84. The predicted octanol–water partition coefficient (Wildman–Crippen LogP) is 3.52. The molecule has 0 atom stereocenters. The minimum absolute atomic E-state index is 0.0588. The lowest BCUT2D eigenvalue weighted by Gasteiger charge is -2.24. The molecule has 0 unspecified atom stereocenters. The molecule has 1 aromatic carbocycles. The van der Waals surface area contributed by atoms with Crippen LogP contribution in [0.2, 0.25) is 0 Å². The second-order valence-corrected chi connectivity index (χ2v) is 8.27. The average Bonchev–Trinajstić information content (AvgIpc) is 3.41. The van der Waals surface area contributed by atoms with Gasteiger partial charge in [0.1, 0.15) is 17.4 Å². The summed E-state index contributed by atoms with van der Waals surface area (Å²) in [6.45, 7) is 2.24. The Balaban J connectivity index is 1.72. The Kier molecular flexibility index (Phi) is 7.33. The highest BCUT2D eigenvalue weighted by atomic mass is 16.3. The van der Waals surface area contributed by atoms with Gasteiger partial charge in [-0.1, -0.05) is 31.5 Å². The lowest BCUT2D eigenvalue weighted by atomic mass is 10.2. The summed E-state index contributed by atoms with van der Waals surface area (Å²) in [7, 11) is 1.88. The van der Waals surface area contributed by atoms with Crippen molar-refractivity contribution in [2.45, 2.75) is 32.9 Å². The molecule has 0 bridgehead atoms. The molecule has 10 nitrogen and oxygen atoms in total. The van der Waals surface area contributed by atoms with Gasteiger partial charge in [0.15, 0.2) is 5.69 Å². The zero-order valence-corrected chi connectivity index (χ0v) is 20.2. The van der Waals surface area contributed by atoms with E-state index in [9.17, 15) is 14.4 Å². The fourth-order valence-corrected chi connectivity index (χ4v) is 3.84. The van der Waals surface area contributed by atoms with Gasteiger partial charge < -0.3 is 15.1 Å². The van der Waals surface area contributed by atoms with Gasteiger partial charge in [0.05, 0.1) is 18.4 Å². The number of nitrogens with two attached hydrogens (primary N) is 1. The second-order valence-electron chi connectivity index (χ2n) is 8.27. The maximum Gasteiger partial charge on any atom is 0.330 e. The van der Waals surface area contributed by atoms with Crippen LogP contribution in [-0.2, 0) is 13.1 Å². The topological polar surface area (TPSA) is 130 Å². The van der Waals surface area contributed by atoms with Gasteiger partial charge in [-0.15, -0.1) is 0 Å². The summed E-state index contributed by atoms with van der Waals surface area (Å²) in [5, 5.41) is 0. The monoisotopic (exact) mass is 488 g/mol. The molecule has 36 heavy (non-hydrogen) atoms. The highest BCUT2D eigenvalue weighted by Crippen LogP contribution is 2.24. The number of nitrogens with one attached hydrogen (secondary N) is 1. The number of furan rings is 1. The van der Waals surface area contributed by atoms with Crippen molar-refractivity contribution < 1.29 is 9.21 Å². The maximum atomic E-state index is 13.7. The molecule has 1 amide bonds. The largest absolute Gasteiger partial charge is 0.467 e. The Bertz CT molecular complexity index is 1430. The highest BCUT2D eigenvalue weighted by Gasteiger charge is 2.26. The van der Waals surface area contributed by atoms with Crippen LogP contribution in [0.4, 0.5) is 23.0 Å². The van der Waals surface area contributed by atoms with Crippen LogP contribution in [0.5, 0.6) is 0 Å². The van der Waals surface area contributed by atoms with Crippen molar-refractivity contribution in [1.82, 2.24) is 14.5 Å². The Hall–Kier alpha value is -4.60. The standard InChI is InChI=1S/C26H28N6O4/c1-3-4-14-31-23(27)22(24(33)29-26(31)35)32(17-20-11-8-15-36-20)25(34)18-12-13-21(28-16-18)30(2)19-9-6-5-7-10-19/h5-13,15-16H,3-4,14,17,27H2,1-2H3,(H,29,33,35). The molecule has 0 aliphatic rings. The fraction of sp³-hybridized carbons (Fsp3) is 0.231. The highest BCUT2D eigenvalue weighted by molar-refractivity contribution is 6.07. The maximum absolute atomic E-state index is 13.7. The minimum atomic E-state index is -0.751. The molecule has 3 heterocycles. The fourth-order valence-electron chi connectivity index (χ4n) is 3.84. The summed E-state index contributed by atoms with van der Waals surface area (Å²) in [5.41, 5.74) is 6.00. The molecule has 0 saturated heterocycles. The molecule has 4 aromatic rings. The number of carbonyl (C=O) groups is 1. The van der Waals surface area contributed by atoms with Gasteiger partial charge in [-0.25, -0.2) is 9.78 Å². The molecule has 4 rings (SSSR count). The number of carbonyl (C=O) groups excluding carboxylic acids is 1. The van der Waals surface area contributed by atoms with Crippen LogP contribution in [0.1, 0.15) is 35.9 Å². The van der Waals surface area contributed by atoms with Crippen molar-refractivity contribution in [3.05, 3.63) is 99.2 Å². The first-order valence-corrected chi connectivity index (χ1v) is 11.6. The number of nitrogens with zero attached hydrogens (tertiary/aromatic N) is 4. The quantitative estimate of drug-likeness (QED) is 0.369. The van der Waals surface area contributed by atoms with Crippen LogP contribution >= 0.6 is 0 Å². The van der Waals surface area contributed by atoms with Crippen molar-refractivity contribution in [3.8, 4) is 0 Å². The van der Waals surface area contributed by atoms with Crippen molar-refractivity contribution in [3.63, 3.8) is 0 Å². The first kappa shape index (κ1) is 24.5. The summed E-state index contributed by atoms with van der Waals surface area (Å²) in [4.78, 5) is 48.8.